The molecule has 128 valence electrons. The van der Waals surface area contributed by atoms with E-state index in [1.165, 1.54) is 23.8 Å². The average molecular weight is 350 g/mol. The Bertz CT molecular complexity index is 688. The number of halogens is 2. The molecular formula is C19H21ClFNO2. The SMILES string of the molecule is CC(C)(C)c1ccc(OCCNC(=O)c2c(F)cccc2Cl)cc1. The van der Waals surface area contributed by atoms with Crippen LogP contribution in [-0.4, -0.2) is 19.1 Å². The molecule has 0 aliphatic heterocycles. The average Bonchev–Trinajstić information content (AvgIpc) is 2.51. The molecule has 0 aromatic heterocycles. The second-order valence-corrected chi connectivity index (χ2v) is 6.88. The summed E-state index contributed by atoms with van der Waals surface area (Å²) in [5, 5.41) is 2.69. The molecule has 0 radical (unpaired) electrons. The van der Waals surface area contributed by atoms with Crippen LogP contribution in [0.15, 0.2) is 42.5 Å². The minimum absolute atomic E-state index is 0.0888. The van der Waals surface area contributed by atoms with Crippen LogP contribution >= 0.6 is 11.6 Å². The van der Waals surface area contributed by atoms with Crippen molar-refractivity contribution in [2.24, 2.45) is 0 Å². The minimum atomic E-state index is -0.640. The van der Waals surface area contributed by atoms with E-state index in [0.717, 1.165) is 5.75 Å². The lowest BCUT2D eigenvalue weighted by atomic mass is 9.87. The van der Waals surface area contributed by atoms with E-state index in [1.54, 1.807) is 0 Å². The summed E-state index contributed by atoms with van der Waals surface area (Å²) in [4.78, 5) is 12.0. The zero-order chi connectivity index (χ0) is 17.7. The minimum Gasteiger partial charge on any atom is -0.492 e. The van der Waals surface area contributed by atoms with Crippen molar-refractivity contribution >= 4 is 17.5 Å². The molecular weight excluding hydrogens is 329 g/mol. The Labute approximate surface area is 146 Å². The van der Waals surface area contributed by atoms with Crippen molar-refractivity contribution in [2.45, 2.75) is 26.2 Å². The summed E-state index contributed by atoms with van der Waals surface area (Å²) in [6.07, 6.45) is 0. The molecule has 0 fully saturated rings. The molecule has 1 amide bonds. The fourth-order valence-electron chi connectivity index (χ4n) is 2.19. The van der Waals surface area contributed by atoms with E-state index in [1.807, 2.05) is 24.3 Å². The number of carbonyl (C=O) groups excluding carboxylic acids is 1. The first-order chi connectivity index (χ1) is 11.3. The molecule has 0 saturated heterocycles. The van der Waals surface area contributed by atoms with E-state index >= 15 is 0 Å². The van der Waals surface area contributed by atoms with Crippen molar-refractivity contribution in [1.82, 2.24) is 5.32 Å². The third kappa shape index (κ3) is 4.71. The van der Waals surface area contributed by atoms with E-state index in [4.69, 9.17) is 16.3 Å². The van der Waals surface area contributed by atoms with Gasteiger partial charge in [0.1, 0.15) is 18.2 Å². The van der Waals surface area contributed by atoms with Gasteiger partial charge in [-0.05, 0) is 35.2 Å². The molecule has 0 unspecified atom stereocenters. The zero-order valence-electron chi connectivity index (χ0n) is 14.0. The third-order valence-electron chi connectivity index (χ3n) is 3.57. The Morgan fingerprint density at radius 2 is 1.83 bits per heavy atom. The molecule has 2 aromatic rings. The summed E-state index contributed by atoms with van der Waals surface area (Å²) in [5.41, 5.74) is 1.16. The highest BCUT2D eigenvalue weighted by atomic mass is 35.5. The monoisotopic (exact) mass is 349 g/mol. The topological polar surface area (TPSA) is 38.3 Å². The molecule has 0 heterocycles. The predicted octanol–water partition coefficient (Wildman–Crippen LogP) is 4.59. The molecule has 0 saturated carbocycles. The van der Waals surface area contributed by atoms with E-state index in [2.05, 4.69) is 26.1 Å². The molecule has 2 aromatic carbocycles. The van der Waals surface area contributed by atoms with Crippen molar-refractivity contribution in [3.63, 3.8) is 0 Å². The lowest BCUT2D eigenvalue weighted by Gasteiger charge is -2.19. The van der Waals surface area contributed by atoms with Crippen LogP contribution in [0.1, 0.15) is 36.7 Å². The zero-order valence-corrected chi connectivity index (χ0v) is 14.8. The molecule has 0 atom stereocenters. The fourth-order valence-corrected chi connectivity index (χ4v) is 2.44. The van der Waals surface area contributed by atoms with Gasteiger partial charge in [-0.25, -0.2) is 4.39 Å². The number of hydrogen-bond acceptors (Lipinski definition) is 2. The summed E-state index contributed by atoms with van der Waals surface area (Å²) in [7, 11) is 0. The summed E-state index contributed by atoms with van der Waals surface area (Å²) in [6, 6.07) is 12.0. The van der Waals surface area contributed by atoms with Gasteiger partial charge in [0.05, 0.1) is 17.1 Å². The Morgan fingerprint density at radius 3 is 2.42 bits per heavy atom. The maximum Gasteiger partial charge on any atom is 0.255 e. The van der Waals surface area contributed by atoms with Crippen LogP contribution in [0.3, 0.4) is 0 Å². The van der Waals surface area contributed by atoms with Gasteiger partial charge in [0.2, 0.25) is 0 Å². The van der Waals surface area contributed by atoms with E-state index in [-0.39, 0.29) is 29.2 Å². The van der Waals surface area contributed by atoms with Crippen LogP contribution in [-0.2, 0) is 5.41 Å². The van der Waals surface area contributed by atoms with Gasteiger partial charge in [-0.3, -0.25) is 4.79 Å². The largest absolute Gasteiger partial charge is 0.492 e. The Hall–Kier alpha value is -2.07. The van der Waals surface area contributed by atoms with Crippen LogP contribution in [0, 0.1) is 5.82 Å². The van der Waals surface area contributed by atoms with Gasteiger partial charge >= 0.3 is 0 Å². The number of carbonyl (C=O) groups is 1. The van der Waals surface area contributed by atoms with E-state index in [9.17, 15) is 9.18 Å². The summed E-state index contributed by atoms with van der Waals surface area (Å²) >= 11 is 5.85. The third-order valence-corrected chi connectivity index (χ3v) is 3.88. The van der Waals surface area contributed by atoms with Crippen LogP contribution in [0.5, 0.6) is 5.75 Å². The number of nitrogens with one attached hydrogen (secondary N) is 1. The highest BCUT2D eigenvalue weighted by Gasteiger charge is 2.15. The van der Waals surface area contributed by atoms with E-state index < -0.39 is 11.7 Å². The first kappa shape index (κ1) is 18.3. The predicted molar refractivity (Wildman–Crippen MR) is 94.4 cm³/mol. The lowest BCUT2D eigenvalue weighted by molar-refractivity contribution is 0.0943. The summed E-state index contributed by atoms with van der Waals surface area (Å²) < 4.78 is 19.2. The van der Waals surface area contributed by atoms with Crippen molar-refractivity contribution in [1.29, 1.82) is 0 Å². The lowest BCUT2D eigenvalue weighted by Crippen LogP contribution is -2.29. The quantitative estimate of drug-likeness (QED) is 0.802. The van der Waals surface area contributed by atoms with Crippen molar-refractivity contribution in [3.8, 4) is 5.75 Å². The molecule has 0 aliphatic carbocycles. The van der Waals surface area contributed by atoms with Gasteiger partial charge in [0.25, 0.3) is 5.91 Å². The summed E-state index contributed by atoms with van der Waals surface area (Å²) in [5.74, 6) is -0.468. The normalized spacial score (nSPS) is 11.2. The maximum absolute atomic E-state index is 13.6. The number of benzene rings is 2. The highest BCUT2D eigenvalue weighted by molar-refractivity contribution is 6.33. The number of rotatable bonds is 5. The molecule has 0 bridgehead atoms. The molecule has 24 heavy (non-hydrogen) atoms. The first-order valence-electron chi connectivity index (χ1n) is 7.74. The van der Waals surface area contributed by atoms with Gasteiger partial charge in [0.15, 0.2) is 0 Å². The second kappa shape index (κ2) is 7.67. The Morgan fingerprint density at radius 1 is 1.17 bits per heavy atom. The standard InChI is InChI=1S/C19H21ClFNO2/c1-19(2,3)13-7-9-14(10-8-13)24-12-11-22-18(23)17-15(20)5-4-6-16(17)21/h4-10H,11-12H2,1-3H3,(H,22,23). The molecule has 1 N–H and O–H groups in total. The number of hydrogen-bond donors (Lipinski definition) is 1. The molecule has 0 aliphatic rings. The molecule has 3 nitrogen and oxygen atoms in total. The van der Waals surface area contributed by atoms with Crippen molar-refractivity contribution in [2.75, 3.05) is 13.2 Å². The first-order valence-corrected chi connectivity index (χ1v) is 8.12. The molecule has 5 heteroatoms. The smallest absolute Gasteiger partial charge is 0.255 e. The fraction of sp³-hybridized carbons (Fsp3) is 0.316. The van der Waals surface area contributed by atoms with Gasteiger partial charge < -0.3 is 10.1 Å². The van der Waals surface area contributed by atoms with Gasteiger partial charge in [-0.1, -0.05) is 50.6 Å². The van der Waals surface area contributed by atoms with Gasteiger partial charge in [-0.15, -0.1) is 0 Å². The van der Waals surface area contributed by atoms with Crippen molar-refractivity contribution in [3.05, 3.63) is 64.4 Å². The summed E-state index contributed by atoms with van der Waals surface area (Å²) in [6.45, 7) is 6.97. The molecule has 2 rings (SSSR count). The second-order valence-electron chi connectivity index (χ2n) is 6.48. The van der Waals surface area contributed by atoms with Crippen LogP contribution in [0.2, 0.25) is 5.02 Å². The highest BCUT2D eigenvalue weighted by Crippen LogP contribution is 2.24. The number of ether oxygens (including phenoxy) is 1. The van der Waals surface area contributed by atoms with Crippen LogP contribution in [0.25, 0.3) is 0 Å². The van der Waals surface area contributed by atoms with Crippen LogP contribution in [0.4, 0.5) is 4.39 Å². The maximum atomic E-state index is 13.6. The molecule has 0 spiro atoms. The van der Waals surface area contributed by atoms with E-state index in [0.29, 0.717) is 0 Å². The Kier molecular flexibility index (Phi) is 5.84. The Balaban J connectivity index is 1.84. The van der Waals surface area contributed by atoms with Gasteiger partial charge in [0, 0.05) is 0 Å². The van der Waals surface area contributed by atoms with Crippen LogP contribution < -0.4 is 10.1 Å². The van der Waals surface area contributed by atoms with Gasteiger partial charge in [-0.2, -0.15) is 0 Å². The number of amides is 1. The van der Waals surface area contributed by atoms with Crippen molar-refractivity contribution < 1.29 is 13.9 Å².